The van der Waals surface area contributed by atoms with E-state index >= 15 is 0 Å². The maximum atomic E-state index is 13.7. The molecule has 4 nitrogen and oxygen atoms in total. The van der Waals surface area contributed by atoms with Gasteiger partial charge in [-0.25, -0.2) is 4.68 Å². The van der Waals surface area contributed by atoms with E-state index in [0.29, 0.717) is 11.8 Å². The van der Waals surface area contributed by atoms with Crippen LogP contribution in [0.4, 0.5) is 13.2 Å². The Morgan fingerprint density at radius 3 is 2.24 bits per heavy atom. The molecule has 2 aromatic heterocycles. The molecular formula is C22H18F3N3O. The van der Waals surface area contributed by atoms with Crippen molar-refractivity contribution in [1.82, 2.24) is 14.3 Å². The van der Waals surface area contributed by atoms with Crippen molar-refractivity contribution < 1.29 is 13.2 Å². The van der Waals surface area contributed by atoms with Crippen LogP contribution in [0.1, 0.15) is 22.4 Å². The number of hydrogen-bond acceptors (Lipinski definition) is 2. The highest BCUT2D eigenvalue weighted by Gasteiger charge is 2.36. The number of aryl methyl sites for hydroxylation is 2. The van der Waals surface area contributed by atoms with Crippen LogP contribution in [0.25, 0.3) is 16.7 Å². The van der Waals surface area contributed by atoms with Crippen molar-refractivity contribution in [2.75, 3.05) is 0 Å². The van der Waals surface area contributed by atoms with E-state index in [1.165, 1.54) is 16.2 Å². The summed E-state index contributed by atoms with van der Waals surface area (Å²) in [5, 5.41) is 4.30. The van der Waals surface area contributed by atoms with Crippen molar-refractivity contribution in [1.29, 1.82) is 0 Å². The molecule has 0 amide bonds. The number of hydrogen-bond donors (Lipinski definition) is 0. The number of halogens is 3. The molecule has 2 heterocycles. The summed E-state index contributed by atoms with van der Waals surface area (Å²) in [6, 6.07) is 17.1. The van der Waals surface area contributed by atoms with E-state index in [9.17, 15) is 18.0 Å². The molecular weight excluding hydrogens is 379 g/mol. The minimum atomic E-state index is -4.66. The number of alkyl halides is 3. The Bertz CT molecular complexity index is 1240. The molecule has 0 fully saturated rings. The molecule has 4 aromatic rings. The molecule has 29 heavy (non-hydrogen) atoms. The van der Waals surface area contributed by atoms with Crippen LogP contribution >= 0.6 is 0 Å². The minimum Gasteiger partial charge on any atom is -0.288 e. The topological polar surface area (TPSA) is 39.8 Å². The van der Waals surface area contributed by atoms with Gasteiger partial charge in [-0.05, 0) is 31.5 Å². The largest absolute Gasteiger partial charge is 0.417 e. The van der Waals surface area contributed by atoms with Crippen LogP contribution in [-0.2, 0) is 12.7 Å². The lowest BCUT2D eigenvalue weighted by Crippen LogP contribution is -2.25. The van der Waals surface area contributed by atoms with Crippen molar-refractivity contribution in [2.24, 2.45) is 0 Å². The lowest BCUT2D eigenvalue weighted by Gasteiger charge is -2.15. The first kappa shape index (κ1) is 19.0. The van der Waals surface area contributed by atoms with Crippen LogP contribution in [0.5, 0.6) is 0 Å². The van der Waals surface area contributed by atoms with E-state index in [-0.39, 0.29) is 23.3 Å². The molecule has 0 saturated heterocycles. The van der Waals surface area contributed by atoms with Gasteiger partial charge < -0.3 is 0 Å². The first-order valence-corrected chi connectivity index (χ1v) is 9.07. The predicted octanol–water partition coefficient (Wildman–Crippen LogP) is 4.87. The molecule has 0 N–H and O–H groups in total. The second-order valence-corrected chi connectivity index (χ2v) is 7.00. The number of pyridine rings is 1. The predicted molar refractivity (Wildman–Crippen MR) is 105 cm³/mol. The molecule has 0 atom stereocenters. The molecule has 0 bridgehead atoms. The third-order valence-corrected chi connectivity index (χ3v) is 4.86. The SMILES string of the molecule is Cc1ccc(-n2nc(C)c3c(C(F)(F)F)cc(=O)n(Cc4ccccc4)c32)cc1. The van der Waals surface area contributed by atoms with E-state index in [1.807, 2.05) is 49.4 Å². The van der Waals surface area contributed by atoms with E-state index in [1.54, 1.807) is 12.1 Å². The summed E-state index contributed by atoms with van der Waals surface area (Å²) in [6.45, 7) is 3.59. The maximum Gasteiger partial charge on any atom is 0.417 e. The summed E-state index contributed by atoms with van der Waals surface area (Å²) in [7, 11) is 0. The second kappa shape index (κ2) is 6.92. The Hall–Kier alpha value is -3.35. The Morgan fingerprint density at radius 1 is 0.966 bits per heavy atom. The highest BCUT2D eigenvalue weighted by molar-refractivity contribution is 5.84. The van der Waals surface area contributed by atoms with Gasteiger partial charge in [0.05, 0.1) is 28.9 Å². The van der Waals surface area contributed by atoms with Crippen LogP contribution in [0, 0.1) is 13.8 Å². The van der Waals surface area contributed by atoms with Gasteiger partial charge in [0.15, 0.2) is 0 Å². The van der Waals surface area contributed by atoms with E-state index in [0.717, 1.165) is 11.1 Å². The smallest absolute Gasteiger partial charge is 0.288 e. The molecule has 2 aromatic carbocycles. The summed E-state index contributed by atoms with van der Waals surface area (Å²) >= 11 is 0. The fourth-order valence-electron chi connectivity index (χ4n) is 3.47. The van der Waals surface area contributed by atoms with Gasteiger partial charge in [-0.1, -0.05) is 48.0 Å². The van der Waals surface area contributed by atoms with Gasteiger partial charge in [-0.3, -0.25) is 9.36 Å². The third-order valence-electron chi connectivity index (χ3n) is 4.86. The first-order valence-electron chi connectivity index (χ1n) is 9.07. The standard InChI is InChI=1S/C22H18F3N3O/c1-14-8-10-17(11-9-14)28-21-20(15(2)26-28)18(22(23,24)25)12-19(29)27(21)13-16-6-4-3-5-7-16/h3-12H,13H2,1-2H3. The summed E-state index contributed by atoms with van der Waals surface area (Å²) in [6.07, 6.45) is -4.66. The maximum absolute atomic E-state index is 13.7. The average Bonchev–Trinajstić information content (AvgIpc) is 3.01. The summed E-state index contributed by atoms with van der Waals surface area (Å²) in [4.78, 5) is 12.8. The van der Waals surface area contributed by atoms with Crippen molar-refractivity contribution in [3.8, 4) is 5.69 Å². The van der Waals surface area contributed by atoms with Gasteiger partial charge in [0.25, 0.3) is 5.56 Å². The van der Waals surface area contributed by atoms with Crippen LogP contribution < -0.4 is 5.56 Å². The van der Waals surface area contributed by atoms with Gasteiger partial charge in [0, 0.05) is 6.07 Å². The van der Waals surface area contributed by atoms with E-state index in [2.05, 4.69) is 5.10 Å². The fourth-order valence-corrected chi connectivity index (χ4v) is 3.47. The minimum absolute atomic E-state index is 0.0615. The zero-order valence-corrected chi connectivity index (χ0v) is 15.9. The van der Waals surface area contributed by atoms with Crippen molar-refractivity contribution >= 4 is 11.0 Å². The van der Waals surface area contributed by atoms with Crippen molar-refractivity contribution in [3.05, 3.63) is 93.4 Å². The Labute approximate surface area is 164 Å². The van der Waals surface area contributed by atoms with Crippen LogP contribution in [0.15, 0.2) is 65.5 Å². The van der Waals surface area contributed by atoms with E-state index < -0.39 is 17.3 Å². The molecule has 7 heteroatoms. The van der Waals surface area contributed by atoms with Crippen LogP contribution in [0.3, 0.4) is 0 Å². The Kier molecular flexibility index (Phi) is 4.53. The molecule has 0 radical (unpaired) electrons. The second-order valence-electron chi connectivity index (χ2n) is 7.00. The molecule has 0 spiro atoms. The number of fused-ring (bicyclic) bond motifs is 1. The average molecular weight is 397 g/mol. The zero-order valence-electron chi connectivity index (χ0n) is 15.9. The van der Waals surface area contributed by atoms with Crippen molar-refractivity contribution in [3.63, 3.8) is 0 Å². The van der Waals surface area contributed by atoms with Crippen LogP contribution in [-0.4, -0.2) is 14.3 Å². The lowest BCUT2D eigenvalue weighted by molar-refractivity contribution is -0.136. The first-order chi connectivity index (χ1) is 13.8. The molecule has 0 aliphatic heterocycles. The monoisotopic (exact) mass is 397 g/mol. The highest BCUT2D eigenvalue weighted by atomic mass is 19.4. The zero-order chi connectivity index (χ0) is 20.8. The van der Waals surface area contributed by atoms with Gasteiger partial charge in [-0.2, -0.15) is 18.3 Å². The van der Waals surface area contributed by atoms with Gasteiger partial charge in [-0.15, -0.1) is 0 Å². The molecule has 0 aliphatic rings. The van der Waals surface area contributed by atoms with Gasteiger partial charge in [0.1, 0.15) is 5.65 Å². The van der Waals surface area contributed by atoms with Gasteiger partial charge >= 0.3 is 6.18 Å². The molecule has 148 valence electrons. The number of aromatic nitrogens is 3. The van der Waals surface area contributed by atoms with Gasteiger partial charge in [0.2, 0.25) is 0 Å². The van der Waals surface area contributed by atoms with Crippen molar-refractivity contribution in [2.45, 2.75) is 26.6 Å². The summed E-state index contributed by atoms with van der Waals surface area (Å²) < 4.78 is 43.9. The quantitative estimate of drug-likeness (QED) is 0.495. The molecule has 0 unspecified atom stereocenters. The highest BCUT2D eigenvalue weighted by Crippen LogP contribution is 2.36. The lowest BCUT2D eigenvalue weighted by atomic mass is 10.1. The number of benzene rings is 2. The normalized spacial score (nSPS) is 11.9. The summed E-state index contributed by atoms with van der Waals surface area (Å²) in [5.74, 6) is 0. The molecule has 0 aliphatic carbocycles. The van der Waals surface area contributed by atoms with E-state index in [4.69, 9.17) is 0 Å². The molecule has 4 rings (SSSR count). The van der Waals surface area contributed by atoms with Crippen LogP contribution in [0.2, 0.25) is 0 Å². The summed E-state index contributed by atoms with van der Waals surface area (Å²) in [5.41, 5.74) is 1.09. The Morgan fingerprint density at radius 2 is 1.62 bits per heavy atom. The third kappa shape index (κ3) is 3.44. The Balaban J connectivity index is 2.07. The number of rotatable bonds is 3. The molecule has 0 saturated carbocycles. The number of nitrogens with zero attached hydrogens (tertiary/aromatic N) is 3. The fraction of sp³-hybridized carbons (Fsp3) is 0.182.